The van der Waals surface area contributed by atoms with E-state index < -0.39 is 11.6 Å². The van der Waals surface area contributed by atoms with Crippen LogP contribution in [0.3, 0.4) is 0 Å². The van der Waals surface area contributed by atoms with Crippen LogP contribution >= 0.6 is 11.3 Å². The van der Waals surface area contributed by atoms with Crippen molar-refractivity contribution in [1.29, 1.82) is 0 Å². The molecule has 7 nitrogen and oxygen atoms in total. The minimum absolute atomic E-state index is 0.00714. The lowest BCUT2D eigenvalue weighted by atomic mass is 10.0. The van der Waals surface area contributed by atoms with Gasteiger partial charge in [0.1, 0.15) is 0 Å². The minimum Gasteiger partial charge on any atom is -0.394 e. The van der Waals surface area contributed by atoms with Gasteiger partial charge >= 0.3 is 0 Å². The van der Waals surface area contributed by atoms with Gasteiger partial charge in [0, 0.05) is 24.5 Å². The van der Waals surface area contributed by atoms with Crippen molar-refractivity contribution in [3.8, 4) is 0 Å². The molecule has 1 aliphatic rings. The molecule has 1 aromatic rings. The van der Waals surface area contributed by atoms with E-state index in [1.165, 1.54) is 0 Å². The first-order chi connectivity index (χ1) is 11.0. The number of nitrogens with zero attached hydrogens (tertiary/aromatic N) is 1. The quantitative estimate of drug-likeness (QED) is 0.525. The highest BCUT2D eigenvalue weighted by atomic mass is 32.1. The van der Waals surface area contributed by atoms with Crippen LogP contribution in [-0.4, -0.2) is 64.8 Å². The van der Waals surface area contributed by atoms with Crippen molar-refractivity contribution in [2.75, 3.05) is 26.3 Å². The first kappa shape index (κ1) is 17.9. The average molecular weight is 341 g/mol. The monoisotopic (exact) mass is 341 g/mol. The molecule has 2 amide bonds. The van der Waals surface area contributed by atoms with Crippen LogP contribution in [0.25, 0.3) is 0 Å². The Hall–Kier alpha value is -1.48. The van der Waals surface area contributed by atoms with E-state index in [-0.39, 0.29) is 31.4 Å². The number of hydrogen-bond donors (Lipinski definition) is 4. The van der Waals surface area contributed by atoms with Gasteiger partial charge in [0.25, 0.3) is 0 Å². The van der Waals surface area contributed by atoms with Crippen LogP contribution in [0.1, 0.15) is 18.2 Å². The second kappa shape index (κ2) is 7.87. The standard InChI is InChI=1S/C15H23N3O4S/c1-15(9-19,10-20)17-13(21)7-12-14(22)16-4-5-18(12)8-11-3-2-6-23-11/h2-3,6,12,19-20H,4-5,7-10H2,1H3,(H,16,22)(H,17,21). The van der Waals surface area contributed by atoms with Crippen LogP contribution in [0.2, 0.25) is 0 Å². The average Bonchev–Trinajstić information content (AvgIpc) is 3.03. The summed E-state index contributed by atoms with van der Waals surface area (Å²) in [5.74, 6) is -0.536. The lowest BCUT2D eigenvalue weighted by Crippen LogP contribution is -2.58. The lowest BCUT2D eigenvalue weighted by molar-refractivity contribution is -0.135. The smallest absolute Gasteiger partial charge is 0.237 e. The Morgan fingerprint density at radius 3 is 2.87 bits per heavy atom. The van der Waals surface area contributed by atoms with E-state index >= 15 is 0 Å². The van der Waals surface area contributed by atoms with Crippen molar-refractivity contribution < 1.29 is 19.8 Å². The van der Waals surface area contributed by atoms with Gasteiger partial charge in [0.15, 0.2) is 0 Å². The van der Waals surface area contributed by atoms with Gasteiger partial charge in [-0.1, -0.05) is 6.07 Å². The van der Waals surface area contributed by atoms with Crippen LogP contribution < -0.4 is 10.6 Å². The highest BCUT2D eigenvalue weighted by molar-refractivity contribution is 7.09. The van der Waals surface area contributed by atoms with E-state index in [0.717, 1.165) is 4.88 Å². The minimum atomic E-state index is -1.08. The largest absolute Gasteiger partial charge is 0.394 e. The number of aliphatic hydroxyl groups excluding tert-OH is 2. The molecule has 0 bridgehead atoms. The molecule has 23 heavy (non-hydrogen) atoms. The van der Waals surface area contributed by atoms with Gasteiger partial charge in [-0.3, -0.25) is 14.5 Å². The SMILES string of the molecule is CC(CO)(CO)NC(=O)CC1C(=O)NCCN1Cc1cccs1. The highest BCUT2D eigenvalue weighted by Gasteiger charge is 2.33. The van der Waals surface area contributed by atoms with Crippen molar-refractivity contribution in [3.63, 3.8) is 0 Å². The highest BCUT2D eigenvalue weighted by Crippen LogP contribution is 2.17. The molecular formula is C15H23N3O4S. The second-order valence-electron chi connectivity index (χ2n) is 5.99. The lowest BCUT2D eigenvalue weighted by Gasteiger charge is -2.35. The fourth-order valence-corrected chi connectivity index (χ4v) is 3.20. The molecule has 1 aromatic heterocycles. The zero-order valence-electron chi connectivity index (χ0n) is 13.1. The van der Waals surface area contributed by atoms with Crippen LogP contribution in [0.5, 0.6) is 0 Å². The summed E-state index contributed by atoms with van der Waals surface area (Å²) in [6.45, 7) is 2.68. The van der Waals surface area contributed by atoms with Gasteiger partial charge in [0.05, 0.1) is 31.2 Å². The predicted molar refractivity (Wildman–Crippen MR) is 86.9 cm³/mol. The first-order valence-corrected chi connectivity index (χ1v) is 8.42. The number of rotatable bonds is 7. The number of piperazine rings is 1. The van der Waals surface area contributed by atoms with Crippen molar-refractivity contribution >= 4 is 23.2 Å². The Labute approximate surface area is 139 Å². The van der Waals surface area contributed by atoms with Gasteiger partial charge in [-0.15, -0.1) is 11.3 Å². The van der Waals surface area contributed by atoms with Crippen molar-refractivity contribution in [3.05, 3.63) is 22.4 Å². The Bertz CT molecular complexity index is 531. The summed E-state index contributed by atoms with van der Waals surface area (Å²) in [6, 6.07) is 3.41. The normalized spacial score (nSPS) is 19.4. The van der Waals surface area contributed by atoms with Gasteiger partial charge in [-0.05, 0) is 18.4 Å². The molecule has 128 valence electrons. The van der Waals surface area contributed by atoms with E-state index in [1.54, 1.807) is 18.3 Å². The molecule has 2 rings (SSSR count). The van der Waals surface area contributed by atoms with Crippen molar-refractivity contribution in [2.24, 2.45) is 0 Å². The fourth-order valence-electron chi connectivity index (χ4n) is 2.47. The maximum absolute atomic E-state index is 12.2. The van der Waals surface area contributed by atoms with Crippen molar-refractivity contribution in [1.82, 2.24) is 15.5 Å². The number of carbonyl (C=O) groups excluding carboxylic acids is 2. The summed E-state index contributed by atoms with van der Waals surface area (Å²) in [4.78, 5) is 27.5. The Kier molecular flexibility index (Phi) is 6.11. The molecular weight excluding hydrogens is 318 g/mol. The second-order valence-corrected chi connectivity index (χ2v) is 7.02. The predicted octanol–water partition coefficient (Wildman–Crippen LogP) is -0.702. The van der Waals surface area contributed by atoms with Gasteiger partial charge in [-0.25, -0.2) is 0 Å². The topological polar surface area (TPSA) is 102 Å². The third kappa shape index (κ3) is 4.74. The summed E-state index contributed by atoms with van der Waals surface area (Å²) in [6.07, 6.45) is -0.00714. The third-order valence-corrected chi connectivity index (χ3v) is 4.76. The summed E-state index contributed by atoms with van der Waals surface area (Å²) >= 11 is 1.62. The van der Waals surface area contributed by atoms with Gasteiger partial charge in [0.2, 0.25) is 11.8 Å². The Morgan fingerprint density at radius 2 is 2.26 bits per heavy atom. The van der Waals surface area contributed by atoms with E-state index in [2.05, 4.69) is 10.6 Å². The van der Waals surface area contributed by atoms with Crippen LogP contribution in [0.15, 0.2) is 17.5 Å². The number of thiophene rings is 1. The molecule has 0 aromatic carbocycles. The molecule has 1 atom stereocenters. The summed E-state index contributed by atoms with van der Waals surface area (Å²) in [5.41, 5.74) is -1.08. The van der Waals surface area contributed by atoms with Crippen LogP contribution in [0.4, 0.5) is 0 Å². The number of amides is 2. The van der Waals surface area contributed by atoms with Gasteiger partial charge < -0.3 is 20.8 Å². The van der Waals surface area contributed by atoms with E-state index in [9.17, 15) is 19.8 Å². The molecule has 2 heterocycles. The number of aliphatic hydroxyl groups is 2. The number of carbonyl (C=O) groups is 2. The summed E-state index contributed by atoms with van der Waals surface area (Å²) in [5, 5.41) is 25.9. The zero-order chi connectivity index (χ0) is 16.9. The molecule has 1 aliphatic heterocycles. The molecule has 0 radical (unpaired) electrons. The summed E-state index contributed by atoms with van der Waals surface area (Å²) in [7, 11) is 0. The molecule has 0 saturated carbocycles. The van der Waals surface area contributed by atoms with Gasteiger partial charge in [-0.2, -0.15) is 0 Å². The molecule has 0 spiro atoms. The molecule has 1 fully saturated rings. The van der Waals surface area contributed by atoms with E-state index in [4.69, 9.17) is 0 Å². The van der Waals surface area contributed by atoms with E-state index in [1.807, 2.05) is 22.4 Å². The maximum Gasteiger partial charge on any atom is 0.237 e. The fraction of sp³-hybridized carbons (Fsp3) is 0.600. The first-order valence-electron chi connectivity index (χ1n) is 7.54. The van der Waals surface area contributed by atoms with Crippen LogP contribution in [0, 0.1) is 0 Å². The number of nitrogens with one attached hydrogen (secondary N) is 2. The maximum atomic E-state index is 12.2. The molecule has 8 heteroatoms. The van der Waals surface area contributed by atoms with Crippen molar-refractivity contribution in [2.45, 2.75) is 31.5 Å². The zero-order valence-corrected chi connectivity index (χ0v) is 13.9. The Morgan fingerprint density at radius 1 is 1.52 bits per heavy atom. The molecule has 1 saturated heterocycles. The number of hydrogen-bond acceptors (Lipinski definition) is 6. The van der Waals surface area contributed by atoms with E-state index in [0.29, 0.717) is 19.6 Å². The molecule has 4 N–H and O–H groups in total. The third-order valence-electron chi connectivity index (χ3n) is 3.90. The van der Waals surface area contributed by atoms with Crippen LogP contribution in [-0.2, 0) is 16.1 Å². The molecule has 1 unspecified atom stereocenters. The summed E-state index contributed by atoms with van der Waals surface area (Å²) < 4.78 is 0. The molecule has 0 aliphatic carbocycles. The Balaban J connectivity index is 2.01.